The van der Waals surface area contributed by atoms with Gasteiger partial charge in [0, 0.05) is 12.7 Å². The molecule has 4 heteroatoms. The van der Waals surface area contributed by atoms with Crippen LogP contribution in [0.5, 0.6) is 11.5 Å². The van der Waals surface area contributed by atoms with E-state index in [4.69, 9.17) is 9.47 Å². The SMILES string of the molecule is CCCCCOc1ccc(OC(=O)c2ccc(NC)cc2)cc1. The lowest BCUT2D eigenvalue weighted by Crippen LogP contribution is -2.08. The van der Waals surface area contributed by atoms with E-state index in [1.165, 1.54) is 12.8 Å². The summed E-state index contributed by atoms with van der Waals surface area (Å²) in [6, 6.07) is 14.3. The highest BCUT2D eigenvalue weighted by Crippen LogP contribution is 2.19. The summed E-state index contributed by atoms with van der Waals surface area (Å²) in [5.74, 6) is 0.928. The first-order valence-corrected chi connectivity index (χ1v) is 7.96. The maximum Gasteiger partial charge on any atom is 0.343 e. The van der Waals surface area contributed by atoms with E-state index >= 15 is 0 Å². The molecule has 0 heterocycles. The highest BCUT2D eigenvalue weighted by molar-refractivity contribution is 5.91. The van der Waals surface area contributed by atoms with E-state index in [0.29, 0.717) is 17.9 Å². The van der Waals surface area contributed by atoms with E-state index in [1.54, 1.807) is 24.3 Å². The van der Waals surface area contributed by atoms with Gasteiger partial charge in [-0.3, -0.25) is 0 Å². The first kappa shape index (κ1) is 16.9. The van der Waals surface area contributed by atoms with Crippen molar-refractivity contribution in [2.24, 2.45) is 0 Å². The van der Waals surface area contributed by atoms with Crippen LogP contribution in [0, 0.1) is 0 Å². The number of hydrogen-bond donors (Lipinski definition) is 1. The van der Waals surface area contributed by atoms with Gasteiger partial charge in [0.25, 0.3) is 0 Å². The Morgan fingerprint density at radius 1 is 0.957 bits per heavy atom. The maximum absolute atomic E-state index is 12.1. The van der Waals surface area contributed by atoms with Gasteiger partial charge >= 0.3 is 5.97 Å². The first-order valence-electron chi connectivity index (χ1n) is 7.96. The van der Waals surface area contributed by atoms with Gasteiger partial charge in [0.1, 0.15) is 11.5 Å². The summed E-state index contributed by atoms with van der Waals surface area (Å²) < 4.78 is 11.0. The number of esters is 1. The molecule has 0 saturated carbocycles. The van der Waals surface area contributed by atoms with Gasteiger partial charge in [-0.1, -0.05) is 19.8 Å². The number of carbonyl (C=O) groups excluding carboxylic acids is 1. The van der Waals surface area contributed by atoms with Crippen LogP contribution in [0.4, 0.5) is 5.69 Å². The fraction of sp³-hybridized carbons (Fsp3) is 0.316. The predicted octanol–water partition coefficient (Wildman–Crippen LogP) is 4.52. The van der Waals surface area contributed by atoms with Gasteiger partial charge in [-0.05, 0) is 55.0 Å². The van der Waals surface area contributed by atoms with Crippen molar-refractivity contribution in [1.29, 1.82) is 0 Å². The Morgan fingerprint density at radius 2 is 1.61 bits per heavy atom. The van der Waals surface area contributed by atoms with E-state index < -0.39 is 0 Å². The highest BCUT2D eigenvalue weighted by Gasteiger charge is 2.08. The molecule has 2 aromatic carbocycles. The molecular weight excluding hydrogens is 290 g/mol. The Morgan fingerprint density at radius 3 is 2.22 bits per heavy atom. The van der Waals surface area contributed by atoms with Gasteiger partial charge in [0.2, 0.25) is 0 Å². The molecule has 0 saturated heterocycles. The van der Waals surface area contributed by atoms with Gasteiger partial charge in [0.15, 0.2) is 0 Å². The zero-order chi connectivity index (χ0) is 16.5. The van der Waals surface area contributed by atoms with Crippen molar-refractivity contribution in [3.8, 4) is 11.5 Å². The van der Waals surface area contributed by atoms with E-state index in [0.717, 1.165) is 17.9 Å². The van der Waals surface area contributed by atoms with Crippen LogP contribution >= 0.6 is 0 Å². The first-order chi connectivity index (χ1) is 11.2. The number of anilines is 1. The molecule has 0 amide bonds. The molecule has 0 spiro atoms. The van der Waals surface area contributed by atoms with E-state index in [-0.39, 0.29) is 5.97 Å². The average Bonchev–Trinajstić information content (AvgIpc) is 2.60. The summed E-state index contributed by atoms with van der Waals surface area (Å²) in [5.41, 5.74) is 1.47. The van der Waals surface area contributed by atoms with Crippen LogP contribution in [0.2, 0.25) is 0 Å². The Labute approximate surface area is 137 Å². The van der Waals surface area contributed by atoms with Gasteiger partial charge in [0.05, 0.1) is 12.2 Å². The summed E-state index contributed by atoms with van der Waals surface area (Å²) in [6.45, 7) is 2.88. The Balaban J connectivity index is 1.88. The van der Waals surface area contributed by atoms with Crippen LogP contribution in [-0.2, 0) is 0 Å². The van der Waals surface area contributed by atoms with E-state index in [1.807, 2.05) is 31.3 Å². The lowest BCUT2D eigenvalue weighted by molar-refractivity contribution is 0.0734. The minimum Gasteiger partial charge on any atom is -0.494 e. The second-order valence-electron chi connectivity index (χ2n) is 5.24. The lowest BCUT2D eigenvalue weighted by Gasteiger charge is -2.08. The zero-order valence-corrected chi connectivity index (χ0v) is 13.7. The normalized spacial score (nSPS) is 10.2. The molecule has 0 bridgehead atoms. The van der Waals surface area contributed by atoms with E-state index in [9.17, 15) is 4.79 Å². The number of benzene rings is 2. The molecule has 4 nitrogen and oxygen atoms in total. The van der Waals surface area contributed by atoms with Gasteiger partial charge < -0.3 is 14.8 Å². The number of unbranched alkanes of at least 4 members (excludes halogenated alkanes) is 2. The van der Waals surface area contributed by atoms with Crippen LogP contribution < -0.4 is 14.8 Å². The van der Waals surface area contributed by atoms with Crippen LogP contribution in [0.3, 0.4) is 0 Å². The quantitative estimate of drug-likeness (QED) is 0.442. The predicted molar refractivity (Wildman–Crippen MR) is 92.4 cm³/mol. The minimum absolute atomic E-state index is 0.371. The smallest absolute Gasteiger partial charge is 0.343 e. The summed E-state index contributed by atoms with van der Waals surface area (Å²) >= 11 is 0. The Bertz CT molecular complexity index is 606. The third kappa shape index (κ3) is 5.33. The molecule has 2 rings (SSSR count). The molecule has 2 aromatic rings. The third-order valence-corrected chi connectivity index (χ3v) is 3.46. The number of hydrogen-bond acceptors (Lipinski definition) is 4. The van der Waals surface area contributed by atoms with Gasteiger partial charge in [-0.15, -0.1) is 0 Å². The Hall–Kier alpha value is -2.49. The fourth-order valence-corrected chi connectivity index (χ4v) is 2.08. The van der Waals surface area contributed by atoms with Gasteiger partial charge in [-0.25, -0.2) is 4.79 Å². The molecular formula is C19H23NO3. The van der Waals surface area contributed by atoms with Crippen molar-refractivity contribution in [3.63, 3.8) is 0 Å². The number of nitrogens with one attached hydrogen (secondary N) is 1. The van der Waals surface area contributed by atoms with Crippen molar-refractivity contribution < 1.29 is 14.3 Å². The monoisotopic (exact) mass is 313 g/mol. The molecule has 0 radical (unpaired) electrons. The van der Waals surface area contributed by atoms with Crippen molar-refractivity contribution >= 4 is 11.7 Å². The maximum atomic E-state index is 12.1. The standard InChI is InChI=1S/C19H23NO3/c1-3-4-5-14-22-17-10-12-18(13-11-17)23-19(21)15-6-8-16(20-2)9-7-15/h6-13,20H,3-5,14H2,1-2H3. The number of ether oxygens (including phenoxy) is 2. The zero-order valence-electron chi connectivity index (χ0n) is 13.7. The van der Waals surface area contributed by atoms with Crippen molar-refractivity contribution in [3.05, 3.63) is 54.1 Å². The molecule has 23 heavy (non-hydrogen) atoms. The molecule has 122 valence electrons. The second-order valence-corrected chi connectivity index (χ2v) is 5.24. The van der Waals surface area contributed by atoms with Crippen LogP contribution in [-0.4, -0.2) is 19.6 Å². The Kier molecular flexibility index (Phi) is 6.48. The van der Waals surface area contributed by atoms with Crippen molar-refractivity contribution in [1.82, 2.24) is 0 Å². The summed E-state index contributed by atoms with van der Waals surface area (Å²) in [6.07, 6.45) is 3.39. The van der Waals surface area contributed by atoms with Crippen molar-refractivity contribution in [2.45, 2.75) is 26.2 Å². The van der Waals surface area contributed by atoms with Crippen LogP contribution in [0.25, 0.3) is 0 Å². The van der Waals surface area contributed by atoms with Crippen molar-refractivity contribution in [2.75, 3.05) is 19.0 Å². The second kappa shape index (κ2) is 8.83. The third-order valence-electron chi connectivity index (χ3n) is 3.46. The average molecular weight is 313 g/mol. The summed E-state index contributed by atoms with van der Waals surface area (Å²) in [7, 11) is 1.83. The summed E-state index contributed by atoms with van der Waals surface area (Å²) in [4.78, 5) is 12.1. The molecule has 1 N–H and O–H groups in total. The highest BCUT2D eigenvalue weighted by atomic mass is 16.5. The topological polar surface area (TPSA) is 47.6 Å². The fourth-order valence-electron chi connectivity index (χ4n) is 2.08. The van der Waals surface area contributed by atoms with Gasteiger partial charge in [-0.2, -0.15) is 0 Å². The van der Waals surface area contributed by atoms with E-state index in [2.05, 4.69) is 12.2 Å². The lowest BCUT2D eigenvalue weighted by atomic mass is 10.2. The summed E-state index contributed by atoms with van der Waals surface area (Å²) in [5, 5.41) is 3.01. The molecule has 0 aliphatic carbocycles. The number of carbonyl (C=O) groups is 1. The largest absolute Gasteiger partial charge is 0.494 e. The molecule has 0 aromatic heterocycles. The van der Waals surface area contributed by atoms with Crippen LogP contribution in [0.1, 0.15) is 36.5 Å². The molecule has 0 aliphatic heterocycles. The van der Waals surface area contributed by atoms with Crippen LogP contribution in [0.15, 0.2) is 48.5 Å². The molecule has 0 fully saturated rings. The molecule has 0 atom stereocenters. The molecule has 0 aliphatic rings. The number of rotatable bonds is 8. The minimum atomic E-state index is -0.371. The molecule has 0 unspecified atom stereocenters.